The Morgan fingerprint density at radius 3 is 2.72 bits per heavy atom. The largest absolute Gasteiger partial charge is 0.439 e. The van der Waals surface area contributed by atoms with Gasteiger partial charge in [0, 0.05) is 16.1 Å². The van der Waals surface area contributed by atoms with Gasteiger partial charge >= 0.3 is 6.03 Å². The molecule has 0 aliphatic rings. The molecule has 0 saturated carbocycles. The number of pyridine rings is 1. The maximum atomic E-state index is 12.1. The number of benzene rings is 2. The van der Waals surface area contributed by atoms with Crippen molar-refractivity contribution >= 4 is 27.6 Å². The fraction of sp³-hybridized carbons (Fsp3) is 0.0455. The molecule has 2 aromatic carbocycles. The Balaban J connectivity index is 1.28. The van der Waals surface area contributed by atoms with Crippen LogP contribution in [-0.4, -0.2) is 21.2 Å². The van der Waals surface area contributed by atoms with Crippen LogP contribution in [0.25, 0.3) is 11.4 Å². The summed E-state index contributed by atoms with van der Waals surface area (Å²) in [7, 11) is 0. The lowest BCUT2D eigenvalue weighted by Crippen LogP contribution is -2.28. The molecule has 9 nitrogen and oxygen atoms in total. The number of carbonyl (C=O) groups excluding carboxylic acids is 1. The van der Waals surface area contributed by atoms with E-state index >= 15 is 0 Å². The summed E-state index contributed by atoms with van der Waals surface area (Å²) in [6, 6.07) is 19.0. The van der Waals surface area contributed by atoms with Crippen molar-refractivity contribution in [1.29, 1.82) is 5.26 Å². The van der Waals surface area contributed by atoms with Gasteiger partial charge in [-0.1, -0.05) is 33.2 Å². The quantitative estimate of drug-likeness (QED) is 0.394. The Kier molecular flexibility index (Phi) is 6.38. The zero-order valence-electron chi connectivity index (χ0n) is 16.4. The van der Waals surface area contributed by atoms with E-state index in [9.17, 15) is 4.79 Å². The number of nitrogens with zero attached hydrogens (tertiary/aromatic N) is 4. The summed E-state index contributed by atoms with van der Waals surface area (Å²) < 4.78 is 11.7. The standard InChI is InChI=1S/C22H15BrN6O3/c23-16-3-1-2-15(10-16)21-28-20(32-29-21)13-26-22(30)27-17-6-9-19(25-12-17)31-18-7-4-14(11-24)5-8-18/h1-10,12H,13H2,(H2,26,27,30). The monoisotopic (exact) mass is 490 g/mol. The smallest absolute Gasteiger partial charge is 0.319 e. The minimum Gasteiger partial charge on any atom is -0.439 e. The van der Waals surface area contributed by atoms with Crippen molar-refractivity contribution in [3.63, 3.8) is 0 Å². The molecular weight excluding hydrogens is 476 g/mol. The third-order valence-electron chi connectivity index (χ3n) is 4.15. The Hall–Kier alpha value is -4.23. The van der Waals surface area contributed by atoms with E-state index in [1.165, 1.54) is 6.20 Å². The Labute approximate surface area is 191 Å². The first kappa shape index (κ1) is 21.0. The van der Waals surface area contributed by atoms with Gasteiger partial charge in [-0.15, -0.1) is 0 Å². The third-order valence-corrected chi connectivity index (χ3v) is 4.64. The van der Waals surface area contributed by atoms with E-state index in [1.54, 1.807) is 36.4 Å². The van der Waals surface area contributed by atoms with Gasteiger partial charge in [0.05, 0.1) is 30.1 Å². The van der Waals surface area contributed by atoms with Crippen LogP contribution in [0.5, 0.6) is 11.6 Å². The predicted octanol–water partition coefficient (Wildman–Crippen LogP) is 4.88. The van der Waals surface area contributed by atoms with Crippen molar-refractivity contribution in [3.8, 4) is 29.1 Å². The van der Waals surface area contributed by atoms with Crippen LogP contribution in [0.3, 0.4) is 0 Å². The molecule has 10 heteroatoms. The molecule has 0 bridgehead atoms. The summed E-state index contributed by atoms with van der Waals surface area (Å²) in [6.07, 6.45) is 1.47. The van der Waals surface area contributed by atoms with Gasteiger partial charge < -0.3 is 19.9 Å². The van der Waals surface area contributed by atoms with Gasteiger partial charge in [-0.25, -0.2) is 9.78 Å². The van der Waals surface area contributed by atoms with E-state index in [4.69, 9.17) is 14.5 Å². The number of ether oxygens (including phenoxy) is 1. The second-order valence-electron chi connectivity index (χ2n) is 6.45. The number of aromatic nitrogens is 3. The second-order valence-corrected chi connectivity index (χ2v) is 7.37. The van der Waals surface area contributed by atoms with Crippen LogP contribution in [0.15, 0.2) is 75.9 Å². The van der Waals surface area contributed by atoms with E-state index in [0.29, 0.717) is 28.7 Å². The lowest BCUT2D eigenvalue weighted by atomic mass is 10.2. The lowest BCUT2D eigenvalue weighted by molar-refractivity contribution is 0.249. The zero-order valence-corrected chi connectivity index (χ0v) is 18.0. The Morgan fingerprint density at radius 1 is 1.16 bits per heavy atom. The summed E-state index contributed by atoms with van der Waals surface area (Å²) in [5, 5.41) is 18.1. The van der Waals surface area contributed by atoms with Gasteiger partial charge in [-0.2, -0.15) is 10.2 Å². The predicted molar refractivity (Wildman–Crippen MR) is 119 cm³/mol. The van der Waals surface area contributed by atoms with E-state index in [-0.39, 0.29) is 12.4 Å². The molecule has 0 spiro atoms. The SMILES string of the molecule is N#Cc1ccc(Oc2ccc(NC(=O)NCc3nc(-c4cccc(Br)c4)no3)cn2)cc1. The molecule has 0 unspecified atom stereocenters. The van der Waals surface area contributed by atoms with Crippen LogP contribution in [0.2, 0.25) is 0 Å². The average molecular weight is 491 g/mol. The molecule has 0 saturated heterocycles. The number of rotatable bonds is 6. The third kappa shape index (κ3) is 5.47. The zero-order chi connectivity index (χ0) is 22.3. The second kappa shape index (κ2) is 9.72. The first-order chi connectivity index (χ1) is 15.6. The molecule has 0 aliphatic carbocycles. The number of amides is 2. The highest BCUT2D eigenvalue weighted by atomic mass is 79.9. The molecule has 4 aromatic rings. The van der Waals surface area contributed by atoms with Gasteiger partial charge in [0.2, 0.25) is 17.6 Å². The first-order valence-corrected chi connectivity index (χ1v) is 10.2. The molecule has 0 atom stereocenters. The van der Waals surface area contributed by atoms with Crippen LogP contribution in [0.4, 0.5) is 10.5 Å². The number of hydrogen-bond acceptors (Lipinski definition) is 7. The fourth-order valence-electron chi connectivity index (χ4n) is 2.64. The van der Waals surface area contributed by atoms with Crippen molar-refractivity contribution in [2.45, 2.75) is 6.54 Å². The molecular formula is C22H15BrN6O3. The molecule has 0 aliphatic heterocycles. The van der Waals surface area contributed by atoms with E-state index in [1.807, 2.05) is 30.3 Å². The van der Waals surface area contributed by atoms with Crippen LogP contribution in [-0.2, 0) is 6.54 Å². The van der Waals surface area contributed by atoms with Gasteiger partial charge in [0.15, 0.2) is 0 Å². The van der Waals surface area contributed by atoms with Crippen molar-refractivity contribution < 1.29 is 14.1 Å². The van der Waals surface area contributed by atoms with Gasteiger partial charge in [-0.3, -0.25) is 0 Å². The molecule has 32 heavy (non-hydrogen) atoms. The fourth-order valence-corrected chi connectivity index (χ4v) is 3.03. The highest BCUT2D eigenvalue weighted by Crippen LogP contribution is 2.21. The molecule has 0 fully saturated rings. The molecule has 4 rings (SSSR count). The molecule has 2 amide bonds. The average Bonchev–Trinajstić information content (AvgIpc) is 3.29. The normalized spacial score (nSPS) is 10.2. The Bertz CT molecular complexity index is 1270. The summed E-state index contributed by atoms with van der Waals surface area (Å²) in [6.45, 7) is 0.0696. The van der Waals surface area contributed by atoms with Crippen molar-refractivity contribution in [1.82, 2.24) is 20.4 Å². The van der Waals surface area contributed by atoms with Crippen LogP contribution >= 0.6 is 15.9 Å². The van der Waals surface area contributed by atoms with Crippen molar-refractivity contribution in [2.24, 2.45) is 0 Å². The summed E-state index contributed by atoms with van der Waals surface area (Å²) in [5.74, 6) is 1.62. The van der Waals surface area contributed by atoms with Gasteiger partial charge in [0.1, 0.15) is 5.75 Å². The summed E-state index contributed by atoms with van der Waals surface area (Å²) in [5.41, 5.74) is 1.82. The summed E-state index contributed by atoms with van der Waals surface area (Å²) in [4.78, 5) is 20.6. The number of nitrogens with one attached hydrogen (secondary N) is 2. The Morgan fingerprint density at radius 2 is 2.00 bits per heavy atom. The van der Waals surface area contributed by atoms with Crippen LogP contribution in [0, 0.1) is 11.3 Å². The number of nitriles is 1. The molecule has 0 radical (unpaired) electrons. The molecule has 158 valence electrons. The van der Waals surface area contributed by atoms with Gasteiger partial charge in [0.25, 0.3) is 0 Å². The first-order valence-electron chi connectivity index (χ1n) is 9.36. The topological polar surface area (TPSA) is 126 Å². The molecule has 2 heterocycles. The van der Waals surface area contributed by atoms with E-state index < -0.39 is 6.03 Å². The van der Waals surface area contributed by atoms with E-state index in [0.717, 1.165) is 10.0 Å². The van der Waals surface area contributed by atoms with Crippen molar-refractivity contribution in [2.75, 3.05) is 5.32 Å². The highest BCUT2D eigenvalue weighted by molar-refractivity contribution is 9.10. The highest BCUT2D eigenvalue weighted by Gasteiger charge is 2.10. The number of anilines is 1. The molecule has 2 N–H and O–H groups in total. The number of carbonyl (C=O) groups is 1. The van der Waals surface area contributed by atoms with E-state index in [2.05, 4.69) is 41.7 Å². The lowest BCUT2D eigenvalue weighted by Gasteiger charge is -2.07. The van der Waals surface area contributed by atoms with Crippen molar-refractivity contribution in [3.05, 3.63) is 82.8 Å². The maximum Gasteiger partial charge on any atom is 0.319 e. The minimum atomic E-state index is -0.449. The maximum absolute atomic E-state index is 12.1. The number of halogens is 1. The van der Waals surface area contributed by atoms with Crippen LogP contribution < -0.4 is 15.4 Å². The molecule has 2 aromatic heterocycles. The van der Waals surface area contributed by atoms with Gasteiger partial charge in [-0.05, 0) is 42.5 Å². The minimum absolute atomic E-state index is 0.0696. The number of hydrogen-bond donors (Lipinski definition) is 2. The number of urea groups is 1. The summed E-state index contributed by atoms with van der Waals surface area (Å²) >= 11 is 3.40. The van der Waals surface area contributed by atoms with Crippen LogP contribution in [0.1, 0.15) is 11.5 Å².